The number of hydrogen-bond acceptors (Lipinski definition) is 2. The Kier molecular flexibility index (Phi) is 4.57. The van der Waals surface area contributed by atoms with Gasteiger partial charge in [0.2, 0.25) is 0 Å². The summed E-state index contributed by atoms with van der Waals surface area (Å²) in [6.45, 7) is 0. The maximum Gasteiger partial charge on any atom is 0.320 e. The van der Waals surface area contributed by atoms with Crippen molar-refractivity contribution in [3.8, 4) is 0 Å². The predicted octanol–water partition coefficient (Wildman–Crippen LogP) is 4.61. The van der Waals surface area contributed by atoms with E-state index in [9.17, 15) is 9.90 Å². The Morgan fingerprint density at radius 3 is 2.44 bits per heavy atom. The molecule has 18 heavy (non-hydrogen) atoms. The van der Waals surface area contributed by atoms with Crippen molar-refractivity contribution in [1.82, 2.24) is 0 Å². The van der Waals surface area contributed by atoms with E-state index in [1.165, 1.54) is 11.8 Å². The lowest BCUT2D eigenvalue weighted by atomic mass is 9.99. The molecular weight excluding hydrogens is 268 g/mol. The SMILES string of the molecule is O=C(O)C1(Sc2cccc(Cl)c2)CCCCCC1. The van der Waals surface area contributed by atoms with Gasteiger partial charge in [0.05, 0.1) is 0 Å². The van der Waals surface area contributed by atoms with Crippen LogP contribution in [0.1, 0.15) is 38.5 Å². The summed E-state index contributed by atoms with van der Waals surface area (Å²) in [7, 11) is 0. The van der Waals surface area contributed by atoms with Crippen LogP contribution in [-0.2, 0) is 4.79 Å². The Hall–Kier alpha value is -0.670. The molecule has 0 saturated heterocycles. The highest BCUT2D eigenvalue weighted by atomic mass is 35.5. The monoisotopic (exact) mass is 284 g/mol. The summed E-state index contributed by atoms with van der Waals surface area (Å²) in [5.41, 5.74) is 0. The smallest absolute Gasteiger partial charge is 0.320 e. The molecule has 1 fully saturated rings. The van der Waals surface area contributed by atoms with E-state index in [-0.39, 0.29) is 0 Å². The number of hydrogen-bond donors (Lipinski definition) is 1. The molecule has 1 aliphatic rings. The van der Waals surface area contributed by atoms with Gasteiger partial charge in [0.1, 0.15) is 4.75 Å². The average molecular weight is 285 g/mol. The van der Waals surface area contributed by atoms with Crippen LogP contribution in [0.5, 0.6) is 0 Å². The minimum Gasteiger partial charge on any atom is -0.480 e. The van der Waals surface area contributed by atoms with E-state index in [1.54, 1.807) is 0 Å². The Morgan fingerprint density at radius 2 is 1.89 bits per heavy atom. The fraction of sp³-hybridized carbons (Fsp3) is 0.500. The number of aliphatic carboxylic acids is 1. The van der Waals surface area contributed by atoms with Crippen molar-refractivity contribution in [2.45, 2.75) is 48.2 Å². The quantitative estimate of drug-likeness (QED) is 0.824. The second-order valence-electron chi connectivity index (χ2n) is 4.77. The van der Waals surface area contributed by atoms with Gasteiger partial charge < -0.3 is 5.11 Å². The van der Waals surface area contributed by atoms with Crippen LogP contribution in [0.25, 0.3) is 0 Å². The zero-order chi connectivity index (χ0) is 13.0. The molecule has 4 heteroatoms. The van der Waals surface area contributed by atoms with Crippen LogP contribution in [0, 0.1) is 0 Å². The summed E-state index contributed by atoms with van der Waals surface area (Å²) in [6.07, 6.45) is 5.79. The third-order valence-electron chi connectivity index (χ3n) is 3.41. The Morgan fingerprint density at radius 1 is 1.22 bits per heavy atom. The van der Waals surface area contributed by atoms with E-state index < -0.39 is 10.7 Å². The van der Waals surface area contributed by atoms with Crippen molar-refractivity contribution in [1.29, 1.82) is 0 Å². The molecule has 1 aliphatic carbocycles. The highest BCUT2D eigenvalue weighted by Gasteiger charge is 2.39. The van der Waals surface area contributed by atoms with Gasteiger partial charge in [-0.1, -0.05) is 43.4 Å². The first-order valence-corrected chi connectivity index (χ1v) is 7.50. The number of benzene rings is 1. The number of carbonyl (C=O) groups is 1. The molecular formula is C14H17ClO2S. The summed E-state index contributed by atoms with van der Waals surface area (Å²) < 4.78 is -0.665. The summed E-state index contributed by atoms with van der Waals surface area (Å²) in [4.78, 5) is 12.6. The van der Waals surface area contributed by atoms with Gasteiger partial charge in [-0.25, -0.2) is 0 Å². The van der Waals surface area contributed by atoms with Crippen molar-refractivity contribution >= 4 is 29.3 Å². The average Bonchev–Trinajstić information content (AvgIpc) is 2.55. The van der Waals surface area contributed by atoms with Crippen LogP contribution in [-0.4, -0.2) is 15.8 Å². The number of carboxylic acid groups (broad SMARTS) is 1. The van der Waals surface area contributed by atoms with Crippen molar-refractivity contribution in [3.05, 3.63) is 29.3 Å². The van der Waals surface area contributed by atoms with Gasteiger partial charge in [-0.15, -0.1) is 11.8 Å². The molecule has 2 nitrogen and oxygen atoms in total. The Labute approximate surface area is 117 Å². The van der Waals surface area contributed by atoms with E-state index in [2.05, 4.69) is 0 Å². The van der Waals surface area contributed by atoms with Crippen LogP contribution >= 0.6 is 23.4 Å². The summed E-state index contributed by atoms with van der Waals surface area (Å²) >= 11 is 7.42. The highest BCUT2D eigenvalue weighted by Crippen LogP contribution is 2.43. The lowest BCUT2D eigenvalue weighted by Crippen LogP contribution is -2.34. The van der Waals surface area contributed by atoms with Crippen molar-refractivity contribution in [2.75, 3.05) is 0 Å². The molecule has 0 aliphatic heterocycles. The summed E-state index contributed by atoms with van der Waals surface area (Å²) in [5, 5.41) is 10.3. The van der Waals surface area contributed by atoms with E-state index >= 15 is 0 Å². The van der Waals surface area contributed by atoms with Crippen LogP contribution < -0.4 is 0 Å². The van der Waals surface area contributed by atoms with Crippen molar-refractivity contribution in [2.24, 2.45) is 0 Å². The standard InChI is InChI=1S/C14H17ClO2S/c15-11-6-5-7-12(10-11)18-14(13(16)17)8-3-1-2-4-9-14/h5-7,10H,1-4,8-9H2,(H,16,17). The topological polar surface area (TPSA) is 37.3 Å². The molecule has 0 bridgehead atoms. The fourth-order valence-corrected chi connectivity index (χ4v) is 4.03. The summed E-state index contributed by atoms with van der Waals surface area (Å²) in [5.74, 6) is -0.686. The number of halogens is 1. The van der Waals surface area contributed by atoms with Gasteiger partial charge in [-0.3, -0.25) is 4.79 Å². The molecule has 1 aromatic rings. The van der Waals surface area contributed by atoms with Gasteiger partial charge in [0.25, 0.3) is 0 Å². The molecule has 0 unspecified atom stereocenters. The molecule has 0 amide bonds. The normalized spacial score (nSPS) is 19.2. The highest BCUT2D eigenvalue weighted by molar-refractivity contribution is 8.01. The third kappa shape index (κ3) is 3.21. The van der Waals surface area contributed by atoms with Crippen LogP contribution in [0.3, 0.4) is 0 Å². The van der Waals surface area contributed by atoms with E-state index in [0.717, 1.165) is 43.4 Å². The summed E-state index contributed by atoms with van der Waals surface area (Å²) in [6, 6.07) is 7.47. The van der Waals surface area contributed by atoms with E-state index in [0.29, 0.717) is 5.02 Å². The Balaban J connectivity index is 2.22. The van der Waals surface area contributed by atoms with Crippen LogP contribution in [0.2, 0.25) is 5.02 Å². The van der Waals surface area contributed by atoms with Gasteiger partial charge >= 0.3 is 5.97 Å². The minimum atomic E-state index is -0.686. The van der Waals surface area contributed by atoms with Crippen LogP contribution in [0.15, 0.2) is 29.2 Å². The molecule has 98 valence electrons. The largest absolute Gasteiger partial charge is 0.480 e. The number of carboxylic acids is 1. The van der Waals surface area contributed by atoms with Gasteiger partial charge in [-0.2, -0.15) is 0 Å². The second kappa shape index (κ2) is 5.98. The maximum absolute atomic E-state index is 11.7. The fourth-order valence-electron chi connectivity index (χ4n) is 2.42. The molecule has 0 radical (unpaired) electrons. The first-order valence-electron chi connectivity index (χ1n) is 6.30. The zero-order valence-corrected chi connectivity index (χ0v) is 11.8. The molecule has 1 saturated carbocycles. The third-order valence-corrected chi connectivity index (χ3v) is 5.11. The van der Waals surface area contributed by atoms with Crippen molar-refractivity contribution < 1.29 is 9.90 Å². The minimum absolute atomic E-state index is 0.661. The molecule has 0 atom stereocenters. The molecule has 0 aromatic heterocycles. The van der Waals surface area contributed by atoms with Gasteiger partial charge in [-0.05, 0) is 31.0 Å². The van der Waals surface area contributed by atoms with Gasteiger partial charge in [0, 0.05) is 9.92 Å². The van der Waals surface area contributed by atoms with Crippen molar-refractivity contribution in [3.63, 3.8) is 0 Å². The predicted molar refractivity (Wildman–Crippen MR) is 75.4 cm³/mol. The van der Waals surface area contributed by atoms with E-state index in [4.69, 9.17) is 11.6 Å². The second-order valence-corrected chi connectivity index (χ2v) is 6.67. The van der Waals surface area contributed by atoms with Gasteiger partial charge in [0.15, 0.2) is 0 Å². The molecule has 0 heterocycles. The zero-order valence-electron chi connectivity index (χ0n) is 10.2. The lowest BCUT2D eigenvalue weighted by molar-refractivity contribution is -0.140. The first-order chi connectivity index (χ1) is 8.62. The van der Waals surface area contributed by atoms with E-state index in [1.807, 2.05) is 24.3 Å². The molecule has 0 spiro atoms. The van der Waals surface area contributed by atoms with Crippen LogP contribution in [0.4, 0.5) is 0 Å². The number of rotatable bonds is 3. The lowest BCUT2D eigenvalue weighted by Gasteiger charge is -2.27. The molecule has 2 rings (SSSR count). The first kappa shape index (κ1) is 13.8. The molecule has 1 aromatic carbocycles. The Bertz CT molecular complexity index is 426. The maximum atomic E-state index is 11.7. The molecule has 1 N–H and O–H groups in total. The number of thioether (sulfide) groups is 1.